The Morgan fingerprint density at radius 1 is 0.920 bits per heavy atom. The van der Waals surface area contributed by atoms with Crippen LogP contribution in [0.1, 0.15) is 22.3 Å². The van der Waals surface area contributed by atoms with Gasteiger partial charge < -0.3 is 10.2 Å². The normalized spacial score (nSPS) is 14.5. The second-order valence-electron chi connectivity index (χ2n) is 6.38. The Morgan fingerprint density at radius 3 is 2.60 bits per heavy atom. The summed E-state index contributed by atoms with van der Waals surface area (Å²) in [6, 6.07) is 16.7. The van der Waals surface area contributed by atoms with Gasteiger partial charge >= 0.3 is 0 Å². The summed E-state index contributed by atoms with van der Waals surface area (Å²) in [4.78, 5) is 15.7. The minimum atomic E-state index is 0.754. The van der Waals surface area contributed by atoms with Gasteiger partial charge in [0.1, 0.15) is 5.82 Å². The second-order valence-corrected chi connectivity index (χ2v) is 6.38. The van der Waals surface area contributed by atoms with E-state index in [0.29, 0.717) is 0 Å². The van der Waals surface area contributed by atoms with Crippen molar-refractivity contribution in [2.24, 2.45) is 4.99 Å². The maximum Gasteiger partial charge on any atom is 0.227 e. The van der Waals surface area contributed by atoms with Crippen LogP contribution in [-0.4, -0.2) is 16.2 Å². The van der Waals surface area contributed by atoms with Crippen molar-refractivity contribution in [3.63, 3.8) is 0 Å². The summed E-state index contributed by atoms with van der Waals surface area (Å²) in [5, 5.41) is 3.38. The molecule has 0 unspecified atom stereocenters. The molecule has 1 aromatic heterocycles. The van der Waals surface area contributed by atoms with Gasteiger partial charge in [-0.25, -0.2) is 4.98 Å². The zero-order chi connectivity index (χ0) is 16.6. The number of aromatic nitrogens is 2. The Bertz CT molecular complexity index is 954. The highest BCUT2D eigenvalue weighted by molar-refractivity contribution is 5.86. The van der Waals surface area contributed by atoms with Crippen LogP contribution in [-0.2, 0) is 19.6 Å². The first-order chi connectivity index (χ1) is 12.3. The van der Waals surface area contributed by atoms with Crippen molar-refractivity contribution in [3.8, 4) is 0 Å². The van der Waals surface area contributed by atoms with Crippen LogP contribution in [0.4, 0.5) is 17.5 Å². The highest BCUT2D eigenvalue weighted by atomic mass is 15.3. The molecule has 2 aliphatic rings. The summed E-state index contributed by atoms with van der Waals surface area (Å²) in [5.41, 5.74) is 6.16. The number of nitrogens with one attached hydrogen (secondary N) is 1. The fourth-order valence-electron chi connectivity index (χ4n) is 3.37. The number of rotatable bonds is 3. The lowest BCUT2D eigenvalue weighted by molar-refractivity contribution is 0.829. The molecule has 5 nitrogen and oxygen atoms in total. The minimum Gasteiger partial charge on any atom is -0.340 e. The van der Waals surface area contributed by atoms with E-state index in [1.165, 1.54) is 22.3 Å². The lowest BCUT2D eigenvalue weighted by Crippen LogP contribution is -2.17. The Hall–Kier alpha value is -3.21. The van der Waals surface area contributed by atoms with E-state index in [1.807, 2.05) is 18.5 Å². The van der Waals surface area contributed by atoms with Crippen LogP contribution < -0.4 is 10.2 Å². The maximum absolute atomic E-state index is 4.70. The molecule has 0 amide bonds. The Balaban J connectivity index is 1.38. The van der Waals surface area contributed by atoms with E-state index >= 15 is 0 Å². The van der Waals surface area contributed by atoms with Crippen molar-refractivity contribution >= 4 is 23.7 Å². The number of hydrogen-bond donors (Lipinski definition) is 1. The molecule has 1 N–H and O–H groups in total. The van der Waals surface area contributed by atoms with Crippen molar-refractivity contribution in [2.75, 3.05) is 10.2 Å². The van der Waals surface area contributed by atoms with Crippen LogP contribution in [0.15, 0.2) is 59.7 Å². The van der Waals surface area contributed by atoms with Crippen LogP contribution in [0.5, 0.6) is 0 Å². The molecule has 0 atom stereocenters. The van der Waals surface area contributed by atoms with E-state index in [-0.39, 0.29) is 0 Å². The van der Waals surface area contributed by atoms with Gasteiger partial charge in [-0.1, -0.05) is 30.3 Å². The Kier molecular flexibility index (Phi) is 3.23. The van der Waals surface area contributed by atoms with Crippen molar-refractivity contribution in [1.29, 1.82) is 0 Å². The first-order valence-electron chi connectivity index (χ1n) is 8.40. The Morgan fingerprint density at radius 2 is 1.76 bits per heavy atom. The van der Waals surface area contributed by atoms with E-state index in [0.717, 1.165) is 37.1 Å². The smallest absolute Gasteiger partial charge is 0.227 e. The summed E-state index contributed by atoms with van der Waals surface area (Å²) in [5.74, 6) is 1.56. The molecule has 3 aromatic rings. The third kappa shape index (κ3) is 2.63. The Labute approximate surface area is 146 Å². The molecular weight excluding hydrogens is 310 g/mol. The van der Waals surface area contributed by atoms with Gasteiger partial charge in [0.25, 0.3) is 0 Å². The number of nitrogens with zero attached hydrogens (tertiary/aromatic N) is 4. The van der Waals surface area contributed by atoms with E-state index in [2.05, 4.69) is 62.7 Å². The van der Waals surface area contributed by atoms with Gasteiger partial charge in [-0.05, 0) is 40.5 Å². The van der Waals surface area contributed by atoms with Crippen LogP contribution in [0.25, 0.3) is 0 Å². The fourth-order valence-corrected chi connectivity index (χ4v) is 3.37. The molecular formula is C20H17N5. The maximum atomic E-state index is 4.70. The molecule has 3 heterocycles. The molecule has 0 spiro atoms. The standard InChI is InChI=1S/C20H17N5/c1-2-4-16-13-25(12-15(16)3-1)20-22-8-7-19(24-20)23-18-6-5-14-10-21-11-17(14)9-18/h1-9,11H,10,12-13H2,(H,22,23,24). The summed E-state index contributed by atoms with van der Waals surface area (Å²) in [7, 11) is 0. The van der Waals surface area contributed by atoms with E-state index in [4.69, 9.17) is 4.98 Å². The van der Waals surface area contributed by atoms with Crippen molar-refractivity contribution in [3.05, 3.63) is 77.0 Å². The molecule has 0 radical (unpaired) electrons. The number of hydrogen-bond acceptors (Lipinski definition) is 5. The summed E-state index contributed by atoms with van der Waals surface area (Å²) >= 11 is 0. The van der Waals surface area contributed by atoms with Gasteiger partial charge in [-0.15, -0.1) is 0 Å². The SMILES string of the molecule is C1=NCc2ccc(Nc3ccnc(N4Cc5ccccc5C4)n3)cc21. The molecule has 0 fully saturated rings. The fraction of sp³-hybridized carbons (Fsp3) is 0.150. The van der Waals surface area contributed by atoms with Gasteiger partial charge in [-0.3, -0.25) is 4.99 Å². The third-order valence-electron chi connectivity index (χ3n) is 4.68. The molecule has 0 aliphatic carbocycles. The van der Waals surface area contributed by atoms with Crippen LogP contribution in [0.2, 0.25) is 0 Å². The van der Waals surface area contributed by atoms with Crippen molar-refractivity contribution < 1.29 is 0 Å². The van der Waals surface area contributed by atoms with Crippen molar-refractivity contribution in [1.82, 2.24) is 9.97 Å². The second kappa shape index (κ2) is 5.70. The molecule has 0 bridgehead atoms. The van der Waals surface area contributed by atoms with Gasteiger partial charge in [0.2, 0.25) is 5.95 Å². The molecule has 5 rings (SSSR count). The van der Waals surface area contributed by atoms with Crippen LogP contribution in [0, 0.1) is 0 Å². The molecule has 2 aromatic carbocycles. The van der Waals surface area contributed by atoms with Crippen LogP contribution in [0.3, 0.4) is 0 Å². The molecule has 0 saturated carbocycles. The molecule has 25 heavy (non-hydrogen) atoms. The average Bonchev–Trinajstić information content (AvgIpc) is 3.28. The monoisotopic (exact) mass is 327 g/mol. The summed E-state index contributed by atoms with van der Waals surface area (Å²) in [6.45, 7) is 2.49. The molecule has 2 aliphatic heterocycles. The molecule has 5 heteroatoms. The number of benzene rings is 2. The van der Waals surface area contributed by atoms with Gasteiger partial charge in [0, 0.05) is 31.2 Å². The lowest BCUT2D eigenvalue weighted by Gasteiger charge is -2.16. The molecule has 0 saturated heterocycles. The number of anilines is 3. The van der Waals surface area contributed by atoms with Gasteiger partial charge in [-0.2, -0.15) is 4.98 Å². The van der Waals surface area contributed by atoms with Gasteiger partial charge in [0.05, 0.1) is 6.54 Å². The first kappa shape index (κ1) is 14.2. The van der Waals surface area contributed by atoms with E-state index < -0.39 is 0 Å². The van der Waals surface area contributed by atoms with E-state index in [1.54, 1.807) is 0 Å². The van der Waals surface area contributed by atoms with E-state index in [9.17, 15) is 0 Å². The number of fused-ring (bicyclic) bond motifs is 2. The largest absolute Gasteiger partial charge is 0.340 e. The first-order valence-corrected chi connectivity index (χ1v) is 8.40. The minimum absolute atomic E-state index is 0.754. The van der Waals surface area contributed by atoms with Crippen LogP contribution >= 0.6 is 0 Å². The van der Waals surface area contributed by atoms with Crippen molar-refractivity contribution in [2.45, 2.75) is 19.6 Å². The summed E-state index contributed by atoms with van der Waals surface area (Å²) < 4.78 is 0. The third-order valence-corrected chi connectivity index (χ3v) is 4.68. The zero-order valence-electron chi connectivity index (χ0n) is 13.7. The topological polar surface area (TPSA) is 53.4 Å². The molecule has 122 valence electrons. The lowest BCUT2D eigenvalue weighted by atomic mass is 10.1. The predicted molar refractivity (Wildman–Crippen MR) is 99.4 cm³/mol. The van der Waals surface area contributed by atoms with Gasteiger partial charge in [0.15, 0.2) is 0 Å². The highest BCUT2D eigenvalue weighted by Crippen LogP contribution is 2.27. The predicted octanol–water partition coefficient (Wildman–Crippen LogP) is 3.67. The zero-order valence-corrected chi connectivity index (χ0v) is 13.7. The highest BCUT2D eigenvalue weighted by Gasteiger charge is 2.20. The number of aliphatic imine (C=N–C) groups is 1. The summed E-state index contributed by atoms with van der Waals surface area (Å²) in [6.07, 6.45) is 3.73. The quantitative estimate of drug-likeness (QED) is 0.797. The average molecular weight is 327 g/mol.